The summed E-state index contributed by atoms with van der Waals surface area (Å²) in [5, 5.41) is 0. The largest absolute Gasteiger partial charge is 0.414 e. The lowest BCUT2D eigenvalue weighted by Gasteiger charge is -2.50. The lowest BCUT2D eigenvalue weighted by molar-refractivity contribution is -0.136. The van der Waals surface area contributed by atoms with Gasteiger partial charge in [-0.05, 0) is 79.3 Å². The van der Waals surface area contributed by atoms with E-state index in [1.54, 1.807) is 4.90 Å². The van der Waals surface area contributed by atoms with Crippen molar-refractivity contribution in [1.82, 2.24) is 4.90 Å². The second kappa shape index (κ2) is 10.6. The molecule has 34 heavy (non-hydrogen) atoms. The first-order chi connectivity index (χ1) is 15.9. The first kappa shape index (κ1) is 28.3. The fourth-order valence-electron chi connectivity index (χ4n) is 7.82. The monoisotopic (exact) mass is 509 g/mol. The summed E-state index contributed by atoms with van der Waals surface area (Å²) in [5.74, 6) is 1.49. The molecule has 0 aromatic carbocycles. The van der Waals surface area contributed by atoms with E-state index in [1.165, 1.54) is 50.2 Å². The van der Waals surface area contributed by atoms with Crippen LogP contribution in [-0.2, 0) is 13.7 Å². The Labute approximate surface area is 213 Å². The average molecular weight is 510 g/mol. The SMILES string of the molecule is CC[Si](CC)(CC)O[C@H]1CCC[C@@]2(C)C1CCC2C(C)(C)/C=C/C(OP)C1(C(=O)N(C)C)CC1. The molecule has 3 rings (SSSR count). The number of hydrogen-bond donors (Lipinski definition) is 0. The first-order valence-electron chi connectivity index (χ1n) is 13.9. The Kier molecular flexibility index (Phi) is 8.87. The number of hydrogen-bond acceptors (Lipinski definition) is 3. The summed E-state index contributed by atoms with van der Waals surface area (Å²) in [5.41, 5.74) is -0.00281. The third-order valence-corrected chi connectivity index (χ3v) is 15.3. The van der Waals surface area contributed by atoms with Crippen LogP contribution >= 0.6 is 9.47 Å². The minimum absolute atomic E-state index is 0.0544. The molecule has 0 aliphatic heterocycles. The summed E-state index contributed by atoms with van der Waals surface area (Å²) in [6.45, 7) is 14.4. The molecule has 0 aromatic heterocycles. The van der Waals surface area contributed by atoms with Crippen LogP contribution in [0.4, 0.5) is 0 Å². The number of allylic oxidation sites excluding steroid dienone is 1. The lowest BCUT2D eigenvalue weighted by atomic mass is 9.58. The minimum atomic E-state index is -1.60. The quantitative estimate of drug-likeness (QED) is 0.168. The van der Waals surface area contributed by atoms with Crippen LogP contribution in [0.15, 0.2) is 12.2 Å². The van der Waals surface area contributed by atoms with Gasteiger partial charge in [0.25, 0.3) is 0 Å². The molecule has 3 aliphatic rings. The van der Waals surface area contributed by atoms with Crippen LogP contribution in [0.1, 0.15) is 86.5 Å². The molecule has 0 saturated heterocycles. The predicted molar refractivity (Wildman–Crippen MR) is 148 cm³/mol. The molecule has 1 amide bonds. The highest BCUT2D eigenvalue weighted by Gasteiger charge is 2.58. The van der Waals surface area contributed by atoms with E-state index in [2.05, 4.69) is 63.2 Å². The first-order valence-corrected chi connectivity index (χ1v) is 16.9. The molecule has 0 spiro atoms. The Hall–Kier alpha value is -0.223. The van der Waals surface area contributed by atoms with Gasteiger partial charge < -0.3 is 13.8 Å². The molecule has 0 radical (unpaired) electrons. The molecular formula is C28H52NO3PSi. The van der Waals surface area contributed by atoms with Crippen molar-refractivity contribution >= 4 is 23.7 Å². The average Bonchev–Trinajstić information content (AvgIpc) is 3.52. The molecule has 3 aliphatic carbocycles. The zero-order valence-electron chi connectivity index (χ0n) is 23.3. The van der Waals surface area contributed by atoms with E-state index in [-0.39, 0.29) is 22.8 Å². The van der Waals surface area contributed by atoms with Gasteiger partial charge in [-0.3, -0.25) is 4.79 Å². The van der Waals surface area contributed by atoms with Crippen molar-refractivity contribution in [3.63, 3.8) is 0 Å². The Bertz CT molecular complexity index is 738. The Morgan fingerprint density at radius 1 is 1.12 bits per heavy atom. The van der Waals surface area contributed by atoms with Gasteiger partial charge >= 0.3 is 0 Å². The molecule has 6 heteroatoms. The summed E-state index contributed by atoms with van der Waals surface area (Å²) in [6, 6.07) is 3.71. The number of nitrogens with zero attached hydrogens (tertiary/aromatic N) is 1. The van der Waals surface area contributed by atoms with Crippen molar-refractivity contribution in [2.45, 2.75) is 117 Å². The third kappa shape index (κ3) is 5.11. The van der Waals surface area contributed by atoms with Gasteiger partial charge in [0, 0.05) is 29.7 Å². The molecule has 3 fully saturated rings. The zero-order valence-corrected chi connectivity index (χ0v) is 25.4. The normalized spacial score (nSPS) is 32.0. The van der Waals surface area contributed by atoms with E-state index in [1.807, 2.05) is 14.1 Å². The number of rotatable bonds is 11. The topological polar surface area (TPSA) is 38.8 Å². The zero-order chi connectivity index (χ0) is 25.4. The summed E-state index contributed by atoms with van der Waals surface area (Å²) in [7, 11) is 4.52. The van der Waals surface area contributed by atoms with Gasteiger partial charge in [0.1, 0.15) is 0 Å². The predicted octanol–water partition coefficient (Wildman–Crippen LogP) is 7.22. The van der Waals surface area contributed by atoms with Gasteiger partial charge in [0.2, 0.25) is 5.91 Å². The van der Waals surface area contributed by atoms with Crippen LogP contribution in [-0.4, -0.2) is 45.4 Å². The van der Waals surface area contributed by atoms with Gasteiger partial charge in [0.05, 0.1) is 11.5 Å². The van der Waals surface area contributed by atoms with E-state index < -0.39 is 8.32 Å². The molecule has 196 valence electrons. The lowest BCUT2D eigenvalue weighted by Crippen LogP contribution is -2.49. The van der Waals surface area contributed by atoms with Crippen LogP contribution in [0.3, 0.4) is 0 Å². The van der Waals surface area contributed by atoms with Crippen molar-refractivity contribution < 1.29 is 13.7 Å². The third-order valence-electron chi connectivity index (χ3n) is 10.3. The van der Waals surface area contributed by atoms with E-state index in [0.29, 0.717) is 23.4 Å². The fraction of sp³-hybridized carbons (Fsp3) is 0.893. The van der Waals surface area contributed by atoms with Crippen LogP contribution < -0.4 is 0 Å². The second-order valence-electron chi connectivity index (χ2n) is 12.6. The number of fused-ring (bicyclic) bond motifs is 1. The summed E-state index contributed by atoms with van der Waals surface area (Å²) in [6.07, 6.45) is 13.1. The number of amides is 1. The second-order valence-corrected chi connectivity index (χ2v) is 17.6. The maximum Gasteiger partial charge on any atom is 0.231 e. The highest BCUT2D eigenvalue weighted by Crippen LogP contribution is 2.62. The Balaban J connectivity index is 1.79. The van der Waals surface area contributed by atoms with Crippen LogP contribution in [0.25, 0.3) is 0 Å². The molecule has 0 N–H and O–H groups in total. The summed E-state index contributed by atoms with van der Waals surface area (Å²) in [4.78, 5) is 14.6. The molecule has 0 bridgehead atoms. The maximum atomic E-state index is 12.9. The fourth-order valence-corrected chi connectivity index (χ4v) is 11.1. The Morgan fingerprint density at radius 2 is 1.74 bits per heavy atom. The standard InChI is InChI=1S/C28H52NO3PSi/c1-9-34(10-2,11-3)32-22-13-12-17-27(6)21(22)14-15-23(27)26(4,5)18-16-24(31-33)28(19-20-28)25(30)29(7)8/h16,18,21-24H,9-15,17,19-20,33H2,1-8H3/b18-16+/t21?,22-,23?,24?,27-/m0/s1. The van der Waals surface area contributed by atoms with Crippen LogP contribution in [0.2, 0.25) is 18.1 Å². The Morgan fingerprint density at radius 3 is 2.24 bits per heavy atom. The maximum absolute atomic E-state index is 12.9. The van der Waals surface area contributed by atoms with E-state index in [9.17, 15) is 4.79 Å². The van der Waals surface area contributed by atoms with E-state index in [4.69, 9.17) is 8.95 Å². The molecule has 6 atom stereocenters. The van der Waals surface area contributed by atoms with Gasteiger partial charge in [-0.1, -0.05) is 60.1 Å². The van der Waals surface area contributed by atoms with Crippen molar-refractivity contribution in [2.24, 2.45) is 28.1 Å². The highest BCUT2D eigenvalue weighted by atomic mass is 31.0. The van der Waals surface area contributed by atoms with Crippen molar-refractivity contribution in [1.29, 1.82) is 0 Å². The van der Waals surface area contributed by atoms with Crippen LogP contribution in [0, 0.1) is 28.1 Å². The van der Waals surface area contributed by atoms with Crippen molar-refractivity contribution in [3.05, 3.63) is 12.2 Å². The summed E-state index contributed by atoms with van der Waals surface area (Å²) >= 11 is 0. The minimum Gasteiger partial charge on any atom is -0.414 e. The van der Waals surface area contributed by atoms with Gasteiger partial charge in [-0.2, -0.15) is 0 Å². The molecule has 4 unspecified atom stereocenters. The summed E-state index contributed by atoms with van der Waals surface area (Å²) < 4.78 is 13.0. The molecule has 4 nitrogen and oxygen atoms in total. The van der Waals surface area contributed by atoms with Crippen LogP contribution in [0.5, 0.6) is 0 Å². The highest BCUT2D eigenvalue weighted by molar-refractivity contribution is 7.09. The van der Waals surface area contributed by atoms with E-state index >= 15 is 0 Å². The number of carbonyl (C=O) groups excluding carboxylic acids is 1. The molecular weight excluding hydrogens is 457 g/mol. The molecule has 0 heterocycles. The smallest absolute Gasteiger partial charge is 0.231 e. The van der Waals surface area contributed by atoms with Crippen molar-refractivity contribution in [2.75, 3.05) is 14.1 Å². The van der Waals surface area contributed by atoms with Gasteiger partial charge in [-0.15, -0.1) is 0 Å². The molecule has 0 aromatic rings. The van der Waals surface area contributed by atoms with Crippen molar-refractivity contribution in [3.8, 4) is 0 Å². The van der Waals surface area contributed by atoms with Gasteiger partial charge in [0.15, 0.2) is 8.32 Å². The molecule has 3 saturated carbocycles. The van der Waals surface area contributed by atoms with E-state index in [0.717, 1.165) is 12.8 Å². The number of carbonyl (C=O) groups is 1. The van der Waals surface area contributed by atoms with Gasteiger partial charge in [-0.25, -0.2) is 0 Å².